The van der Waals surface area contributed by atoms with Crippen LogP contribution in [-0.4, -0.2) is 4.57 Å². The highest BCUT2D eigenvalue weighted by Gasteiger charge is 2.04. The maximum absolute atomic E-state index is 5.55. The van der Waals surface area contributed by atoms with Crippen LogP contribution in [0, 0.1) is 6.92 Å². The molecule has 0 amide bonds. The van der Waals surface area contributed by atoms with Gasteiger partial charge in [0.15, 0.2) is 5.58 Å². The maximum atomic E-state index is 5.55. The Balaban J connectivity index is 2.16. The molecule has 2 heterocycles. The normalized spacial score (nSPS) is 11.0. The highest BCUT2D eigenvalue weighted by Crippen LogP contribution is 2.22. The van der Waals surface area contributed by atoms with Gasteiger partial charge >= 0.3 is 0 Å². The molecule has 0 aliphatic heterocycles. The Labute approximate surface area is 87.7 Å². The topological polar surface area (TPSA) is 18.1 Å². The quantitative estimate of drug-likeness (QED) is 0.583. The number of benzene rings is 1. The van der Waals surface area contributed by atoms with Crippen molar-refractivity contribution in [2.24, 2.45) is 0 Å². The largest absolute Gasteiger partial charge is 0.460 e. The zero-order valence-corrected chi connectivity index (χ0v) is 8.47. The number of furan rings is 1. The van der Waals surface area contributed by atoms with Crippen LogP contribution >= 0.6 is 0 Å². The Hall–Kier alpha value is -1.96. The maximum Gasteiger partial charge on any atom is 0.152 e. The van der Waals surface area contributed by atoms with E-state index in [0.29, 0.717) is 0 Å². The molecule has 3 rings (SSSR count). The lowest BCUT2D eigenvalue weighted by Crippen LogP contribution is -1.87. The van der Waals surface area contributed by atoms with Gasteiger partial charge in [-0.3, -0.25) is 0 Å². The minimum atomic E-state index is 0.941. The van der Waals surface area contributed by atoms with E-state index in [9.17, 15) is 0 Å². The Morgan fingerprint density at radius 3 is 2.60 bits per heavy atom. The van der Waals surface area contributed by atoms with Gasteiger partial charge in [-0.25, -0.2) is 0 Å². The number of hydrogen-bond acceptors (Lipinski definition) is 1. The molecular weight excluding hydrogens is 186 g/mol. The Bertz CT molecular complexity index is 558. The Morgan fingerprint density at radius 2 is 1.87 bits per heavy atom. The van der Waals surface area contributed by atoms with E-state index >= 15 is 0 Å². The molecule has 0 aliphatic rings. The van der Waals surface area contributed by atoms with Gasteiger partial charge in [0.2, 0.25) is 0 Å². The van der Waals surface area contributed by atoms with Gasteiger partial charge in [-0.2, -0.15) is 0 Å². The molecule has 0 bridgehead atoms. The highest BCUT2D eigenvalue weighted by atomic mass is 16.3. The standard InChI is InChI=1S/C13H11NO/c1-10-7-11-8-14(9-13(11)15-10)12-5-3-2-4-6-12/h2-9H,1H3. The molecule has 74 valence electrons. The summed E-state index contributed by atoms with van der Waals surface area (Å²) in [4.78, 5) is 0. The van der Waals surface area contributed by atoms with Gasteiger partial charge < -0.3 is 8.98 Å². The van der Waals surface area contributed by atoms with Crippen molar-refractivity contribution in [1.82, 2.24) is 4.57 Å². The van der Waals surface area contributed by atoms with Crippen LogP contribution in [0.25, 0.3) is 16.7 Å². The number of nitrogens with zero attached hydrogens (tertiary/aromatic N) is 1. The average molecular weight is 197 g/mol. The van der Waals surface area contributed by atoms with E-state index in [1.165, 1.54) is 0 Å². The first-order chi connectivity index (χ1) is 7.33. The second-order valence-electron chi connectivity index (χ2n) is 3.68. The summed E-state index contributed by atoms with van der Waals surface area (Å²) in [7, 11) is 0. The number of para-hydroxylation sites is 1. The van der Waals surface area contributed by atoms with Crippen LogP contribution in [0.2, 0.25) is 0 Å². The van der Waals surface area contributed by atoms with E-state index in [-0.39, 0.29) is 0 Å². The van der Waals surface area contributed by atoms with Gasteiger partial charge in [-0.1, -0.05) is 18.2 Å². The van der Waals surface area contributed by atoms with Crippen LogP contribution < -0.4 is 0 Å². The molecule has 2 aromatic heterocycles. The summed E-state index contributed by atoms with van der Waals surface area (Å²) in [5, 5.41) is 1.15. The molecule has 0 saturated heterocycles. The molecule has 0 radical (unpaired) electrons. The minimum absolute atomic E-state index is 0.941. The van der Waals surface area contributed by atoms with E-state index in [1.807, 2.05) is 31.3 Å². The molecule has 0 fully saturated rings. The van der Waals surface area contributed by atoms with Crippen molar-refractivity contribution in [1.29, 1.82) is 0 Å². The minimum Gasteiger partial charge on any atom is -0.460 e. The SMILES string of the molecule is Cc1cc2cn(-c3ccccc3)cc2o1. The molecule has 2 heteroatoms. The van der Waals surface area contributed by atoms with Gasteiger partial charge in [0.1, 0.15) is 5.76 Å². The number of fused-ring (bicyclic) bond motifs is 1. The van der Waals surface area contributed by atoms with Crippen molar-refractivity contribution < 1.29 is 4.42 Å². The molecule has 15 heavy (non-hydrogen) atoms. The molecule has 0 saturated carbocycles. The average Bonchev–Trinajstić information content (AvgIpc) is 2.76. The smallest absolute Gasteiger partial charge is 0.152 e. The lowest BCUT2D eigenvalue weighted by molar-refractivity contribution is 0.577. The number of hydrogen-bond donors (Lipinski definition) is 0. The third-order valence-corrected chi connectivity index (χ3v) is 2.50. The van der Waals surface area contributed by atoms with Gasteiger partial charge in [-0.15, -0.1) is 0 Å². The van der Waals surface area contributed by atoms with E-state index in [1.54, 1.807) is 0 Å². The molecule has 0 atom stereocenters. The fourth-order valence-electron chi connectivity index (χ4n) is 1.82. The summed E-state index contributed by atoms with van der Waals surface area (Å²) in [5.41, 5.74) is 2.10. The summed E-state index contributed by atoms with van der Waals surface area (Å²) in [5.74, 6) is 0.959. The van der Waals surface area contributed by atoms with Crippen LogP contribution in [-0.2, 0) is 0 Å². The predicted molar refractivity (Wildman–Crippen MR) is 60.3 cm³/mol. The summed E-state index contributed by atoms with van der Waals surface area (Å²) in [6.45, 7) is 1.97. The summed E-state index contributed by atoms with van der Waals surface area (Å²) in [6, 6.07) is 12.3. The van der Waals surface area contributed by atoms with Crippen molar-refractivity contribution in [3.63, 3.8) is 0 Å². The van der Waals surface area contributed by atoms with Crippen LogP contribution in [0.15, 0.2) is 53.2 Å². The zero-order chi connectivity index (χ0) is 10.3. The van der Waals surface area contributed by atoms with Crippen molar-refractivity contribution in [2.45, 2.75) is 6.92 Å². The summed E-state index contributed by atoms with van der Waals surface area (Å²) >= 11 is 0. The molecular formula is C13H11NO. The van der Waals surface area contributed by atoms with E-state index in [0.717, 1.165) is 22.4 Å². The fraction of sp³-hybridized carbons (Fsp3) is 0.0769. The number of aryl methyl sites for hydroxylation is 1. The summed E-state index contributed by atoms with van der Waals surface area (Å²) < 4.78 is 7.63. The highest BCUT2D eigenvalue weighted by molar-refractivity contribution is 5.78. The first-order valence-corrected chi connectivity index (χ1v) is 4.96. The molecule has 3 aromatic rings. The van der Waals surface area contributed by atoms with E-state index in [4.69, 9.17) is 4.42 Å². The van der Waals surface area contributed by atoms with Crippen molar-refractivity contribution in [3.05, 3.63) is 54.6 Å². The summed E-state index contributed by atoms with van der Waals surface area (Å²) in [6.07, 6.45) is 4.10. The second-order valence-corrected chi connectivity index (χ2v) is 3.68. The molecule has 2 nitrogen and oxygen atoms in total. The second kappa shape index (κ2) is 3.02. The third-order valence-electron chi connectivity index (χ3n) is 2.50. The van der Waals surface area contributed by atoms with Crippen LogP contribution in [0.4, 0.5) is 0 Å². The molecule has 0 spiro atoms. The number of rotatable bonds is 1. The Kier molecular flexibility index (Phi) is 1.68. The fourth-order valence-corrected chi connectivity index (χ4v) is 1.82. The van der Waals surface area contributed by atoms with E-state index < -0.39 is 0 Å². The van der Waals surface area contributed by atoms with E-state index in [2.05, 4.69) is 29.0 Å². The first kappa shape index (κ1) is 8.36. The predicted octanol–water partition coefficient (Wildman–Crippen LogP) is 3.53. The zero-order valence-electron chi connectivity index (χ0n) is 8.47. The lowest BCUT2D eigenvalue weighted by atomic mass is 10.3. The van der Waals surface area contributed by atoms with Gasteiger partial charge in [0.05, 0.1) is 6.20 Å². The molecule has 0 N–H and O–H groups in total. The molecule has 0 aliphatic carbocycles. The van der Waals surface area contributed by atoms with Gasteiger partial charge in [0, 0.05) is 17.3 Å². The monoisotopic (exact) mass is 197 g/mol. The lowest BCUT2D eigenvalue weighted by Gasteiger charge is -2.00. The van der Waals surface area contributed by atoms with Gasteiger partial charge in [-0.05, 0) is 25.1 Å². The van der Waals surface area contributed by atoms with Crippen LogP contribution in [0.5, 0.6) is 0 Å². The van der Waals surface area contributed by atoms with Crippen molar-refractivity contribution in [3.8, 4) is 5.69 Å². The van der Waals surface area contributed by atoms with Crippen LogP contribution in [0.1, 0.15) is 5.76 Å². The molecule has 0 unspecified atom stereocenters. The third kappa shape index (κ3) is 1.34. The van der Waals surface area contributed by atoms with Gasteiger partial charge in [0.25, 0.3) is 0 Å². The van der Waals surface area contributed by atoms with Crippen molar-refractivity contribution >= 4 is 11.0 Å². The Morgan fingerprint density at radius 1 is 1.07 bits per heavy atom. The first-order valence-electron chi connectivity index (χ1n) is 4.96. The molecule has 1 aromatic carbocycles. The van der Waals surface area contributed by atoms with Crippen molar-refractivity contribution in [2.75, 3.05) is 0 Å². The van der Waals surface area contributed by atoms with Crippen LogP contribution in [0.3, 0.4) is 0 Å². The number of aromatic nitrogens is 1.